The van der Waals surface area contributed by atoms with Crippen molar-refractivity contribution in [1.82, 2.24) is 24.7 Å². The summed E-state index contributed by atoms with van der Waals surface area (Å²) >= 11 is 0. The Bertz CT molecular complexity index is 1450. The largest absolute Gasteiger partial charge is 0.490 e. The lowest BCUT2D eigenvalue weighted by atomic mass is 10.0. The quantitative estimate of drug-likeness (QED) is 0.211. The van der Waals surface area contributed by atoms with Crippen molar-refractivity contribution in [2.75, 3.05) is 5.73 Å². The lowest BCUT2D eigenvalue weighted by Gasteiger charge is -2.15. The van der Waals surface area contributed by atoms with E-state index in [0.29, 0.717) is 12.1 Å². The fourth-order valence-corrected chi connectivity index (χ4v) is 2.95. The maximum Gasteiger partial charge on any atom is 0.490 e. The van der Waals surface area contributed by atoms with Crippen LogP contribution in [0.15, 0.2) is 55.2 Å². The zero-order chi connectivity index (χ0) is 29.4. The second-order valence-corrected chi connectivity index (χ2v) is 7.33. The number of nitrogens with two attached hydrogens (primary N) is 1. The van der Waals surface area contributed by atoms with Gasteiger partial charge in [-0.3, -0.25) is 4.68 Å². The number of anilines is 1. The summed E-state index contributed by atoms with van der Waals surface area (Å²) in [4.78, 5) is 29.5. The van der Waals surface area contributed by atoms with Gasteiger partial charge in [-0.2, -0.15) is 36.7 Å². The SMILES string of the molecule is N#CCC(c1cccc(N)c1)n1cc(-c2ncnc3[nH]ccc23)cn1.O=C(O)C(F)(F)F.O=C(O)C(F)(F)F. The van der Waals surface area contributed by atoms with Gasteiger partial charge in [0, 0.05) is 29.0 Å². The Labute approximate surface area is 214 Å². The molecule has 0 fully saturated rings. The van der Waals surface area contributed by atoms with E-state index in [9.17, 15) is 31.6 Å². The molecule has 17 heteroatoms. The van der Waals surface area contributed by atoms with E-state index in [2.05, 4.69) is 26.1 Å². The Morgan fingerprint density at radius 3 is 2.23 bits per heavy atom. The first-order valence-electron chi connectivity index (χ1n) is 10.3. The van der Waals surface area contributed by atoms with Crippen LogP contribution in [0.25, 0.3) is 22.3 Å². The van der Waals surface area contributed by atoms with Crippen molar-refractivity contribution in [3.63, 3.8) is 0 Å². The maximum atomic E-state index is 10.6. The maximum absolute atomic E-state index is 10.6. The van der Waals surface area contributed by atoms with Crippen LogP contribution in [0.5, 0.6) is 0 Å². The Morgan fingerprint density at radius 1 is 1.08 bits per heavy atom. The highest BCUT2D eigenvalue weighted by molar-refractivity contribution is 5.90. The molecule has 0 aliphatic heterocycles. The third kappa shape index (κ3) is 8.45. The van der Waals surface area contributed by atoms with Gasteiger partial charge < -0.3 is 20.9 Å². The number of carboxylic acid groups (broad SMARTS) is 2. The number of benzene rings is 1. The molecular formula is C22H17F6N7O4. The molecule has 0 saturated carbocycles. The molecule has 3 aromatic heterocycles. The normalized spacial score (nSPS) is 11.8. The molecule has 0 spiro atoms. The Kier molecular flexibility index (Phi) is 9.57. The number of rotatable bonds is 4. The summed E-state index contributed by atoms with van der Waals surface area (Å²) in [7, 11) is 0. The number of hydrogen-bond acceptors (Lipinski definition) is 7. The predicted molar refractivity (Wildman–Crippen MR) is 122 cm³/mol. The highest BCUT2D eigenvalue weighted by Crippen LogP contribution is 2.28. The molecule has 0 amide bonds. The first-order chi connectivity index (χ1) is 18.1. The van der Waals surface area contributed by atoms with Crippen LogP contribution in [-0.2, 0) is 9.59 Å². The average molecular weight is 557 g/mol. The number of alkyl halides is 6. The summed E-state index contributed by atoms with van der Waals surface area (Å²) in [6, 6.07) is 11.5. The first-order valence-corrected chi connectivity index (χ1v) is 10.3. The van der Waals surface area contributed by atoms with E-state index in [4.69, 9.17) is 25.5 Å². The lowest BCUT2D eigenvalue weighted by Crippen LogP contribution is -2.21. The van der Waals surface area contributed by atoms with E-state index in [0.717, 1.165) is 27.9 Å². The second-order valence-electron chi connectivity index (χ2n) is 7.33. The van der Waals surface area contributed by atoms with Gasteiger partial charge in [0.05, 0.1) is 30.4 Å². The molecule has 4 rings (SSSR count). The van der Waals surface area contributed by atoms with Crippen LogP contribution < -0.4 is 5.73 Å². The van der Waals surface area contributed by atoms with Crippen molar-refractivity contribution in [3.8, 4) is 17.3 Å². The summed E-state index contributed by atoms with van der Waals surface area (Å²) in [5, 5.41) is 28.9. The number of carboxylic acids is 2. The molecule has 3 heterocycles. The van der Waals surface area contributed by atoms with Crippen molar-refractivity contribution in [2.45, 2.75) is 24.8 Å². The molecule has 1 unspecified atom stereocenters. The van der Waals surface area contributed by atoms with Crippen LogP contribution in [0.4, 0.5) is 32.0 Å². The van der Waals surface area contributed by atoms with Gasteiger partial charge in [-0.05, 0) is 23.8 Å². The van der Waals surface area contributed by atoms with Gasteiger partial charge in [-0.25, -0.2) is 19.6 Å². The number of nitrogens with one attached hydrogen (secondary N) is 1. The second kappa shape index (κ2) is 12.4. The summed E-state index contributed by atoms with van der Waals surface area (Å²) in [5.41, 5.74) is 9.96. The van der Waals surface area contributed by atoms with Gasteiger partial charge in [0.25, 0.3) is 0 Å². The van der Waals surface area contributed by atoms with E-state index in [-0.39, 0.29) is 6.04 Å². The van der Waals surface area contributed by atoms with E-state index in [1.165, 1.54) is 6.33 Å². The minimum absolute atomic E-state index is 0.203. The third-order valence-corrected chi connectivity index (χ3v) is 4.61. The molecule has 4 aromatic rings. The van der Waals surface area contributed by atoms with Crippen molar-refractivity contribution in [1.29, 1.82) is 5.26 Å². The lowest BCUT2D eigenvalue weighted by molar-refractivity contribution is -0.193. The Hall–Kier alpha value is -5.14. The van der Waals surface area contributed by atoms with Crippen LogP contribution >= 0.6 is 0 Å². The molecule has 1 aromatic carbocycles. The van der Waals surface area contributed by atoms with Crippen LogP contribution in [0.1, 0.15) is 18.0 Å². The third-order valence-electron chi connectivity index (χ3n) is 4.61. The number of H-pyrrole nitrogens is 1. The topological polar surface area (TPSA) is 184 Å². The molecular weight excluding hydrogens is 540 g/mol. The number of nitrogens with zero attached hydrogens (tertiary/aromatic N) is 5. The minimum atomic E-state index is -5.08. The predicted octanol–water partition coefficient (Wildman–Crippen LogP) is 4.17. The summed E-state index contributed by atoms with van der Waals surface area (Å²) in [5.74, 6) is -5.51. The van der Waals surface area contributed by atoms with E-state index >= 15 is 0 Å². The molecule has 5 N–H and O–H groups in total. The monoisotopic (exact) mass is 557 g/mol. The fraction of sp³-hybridized carbons (Fsp3) is 0.182. The summed E-state index contributed by atoms with van der Waals surface area (Å²) in [6.45, 7) is 0. The first kappa shape index (κ1) is 30.1. The average Bonchev–Trinajstić information content (AvgIpc) is 3.52. The van der Waals surface area contributed by atoms with Gasteiger partial charge >= 0.3 is 24.3 Å². The van der Waals surface area contributed by atoms with Crippen LogP contribution in [-0.4, -0.2) is 59.2 Å². The van der Waals surface area contributed by atoms with Gasteiger partial charge in [0.1, 0.15) is 12.0 Å². The standard InChI is InChI=1S/C18H15N7.2C2HF3O2/c19-6-4-16(12-2-1-3-14(20)8-12)25-10-13(9-24-25)17-15-5-7-21-18(15)23-11-22-17;2*3-2(4,5)1(6)7/h1-3,5,7-11,16H,4,20H2,(H,21,22,23);2*(H,6,7). The zero-order valence-electron chi connectivity index (χ0n) is 19.3. The molecule has 0 bridgehead atoms. The van der Waals surface area contributed by atoms with Crippen LogP contribution in [0.3, 0.4) is 0 Å². The van der Waals surface area contributed by atoms with Crippen LogP contribution in [0, 0.1) is 11.3 Å². The van der Waals surface area contributed by atoms with Gasteiger partial charge in [-0.15, -0.1) is 0 Å². The van der Waals surface area contributed by atoms with E-state index < -0.39 is 24.3 Å². The number of nitriles is 1. The number of aromatic amines is 1. The Balaban J connectivity index is 0.000000317. The van der Waals surface area contributed by atoms with Gasteiger partial charge in [0.2, 0.25) is 0 Å². The van der Waals surface area contributed by atoms with E-state index in [1.54, 1.807) is 10.9 Å². The Morgan fingerprint density at radius 2 is 1.69 bits per heavy atom. The number of fused-ring (bicyclic) bond motifs is 1. The van der Waals surface area contributed by atoms with Gasteiger partial charge in [0.15, 0.2) is 0 Å². The number of hydrogen-bond donors (Lipinski definition) is 4. The van der Waals surface area contributed by atoms with Crippen molar-refractivity contribution in [3.05, 3.63) is 60.8 Å². The van der Waals surface area contributed by atoms with E-state index in [1.807, 2.05) is 42.7 Å². The number of aromatic nitrogens is 5. The molecule has 11 nitrogen and oxygen atoms in total. The molecule has 0 saturated heterocycles. The van der Waals surface area contributed by atoms with Crippen molar-refractivity contribution in [2.24, 2.45) is 0 Å². The molecule has 1 atom stereocenters. The zero-order valence-corrected chi connectivity index (χ0v) is 19.3. The molecule has 206 valence electrons. The number of nitrogen functional groups attached to an aromatic ring is 1. The summed E-state index contributed by atoms with van der Waals surface area (Å²) < 4.78 is 65.3. The van der Waals surface area contributed by atoms with Crippen molar-refractivity contribution >= 4 is 28.7 Å². The molecule has 0 aliphatic rings. The van der Waals surface area contributed by atoms with Crippen molar-refractivity contribution < 1.29 is 46.1 Å². The molecule has 0 radical (unpaired) electrons. The van der Waals surface area contributed by atoms with Gasteiger partial charge in [-0.1, -0.05) is 12.1 Å². The minimum Gasteiger partial charge on any atom is -0.475 e. The highest BCUT2D eigenvalue weighted by Gasteiger charge is 2.38. The number of aliphatic carboxylic acids is 2. The molecule has 0 aliphatic carbocycles. The number of halogens is 6. The highest BCUT2D eigenvalue weighted by atomic mass is 19.4. The number of carbonyl (C=O) groups is 2. The summed E-state index contributed by atoms with van der Waals surface area (Å²) in [6.07, 6.45) is -2.85. The fourth-order valence-electron chi connectivity index (χ4n) is 2.95. The van der Waals surface area contributed by atoms with Crippen LogP contribution in [0.2, 0.25) is 0 Å². The molecule has 39 heavy (non-hydrogen) atoms. The smallest absolute Gasteiger partial charge is 0.475 e.